The van der Waals surface area contributed by atoms with Gasteiger partial charge in [-0.05, 0) is 56.6 Å². The van der Waals surface area contributed by atoms with Crippen molar-refractivity contribution in [2.75, 3.05) is 20.1 Å². The molecule has 23 heavy (non-hydrogen) atoms. The van der Waals surface area contributed by atoms with Crippen molar-refractivity contribution in [3.8, 4) is 5.75 Å². The minimum absolute atomic E-state index is 0.0552. The van der Waals surface area contributed by atoms with Crippen LogP contribution < -0.4 is 4.74 Å². The number of likely N-dealkylation sites (tertiary alicyclic amines) is 1. The van der Waals surface area contributed by atoms with E-state index in [1.165, 1.54) is 29.5 Å². The van der Waals surface area contributed by atoms with Gasteiger partial charge >= 0.3 is 0 Å². The van der Waals surface area contributed by atoms with Crippen LogP contribution in [0.4, 0.5) is 4.39 Å². The molecule has 2 aromatic rings. The maximum absolute atomic E-state index is 13.6. The number of fused-ring (bicyclic) bond motifs is 2. The van der Waals surface area contributed by atoms with Gasteiger partial charge in [-0.25, -0.2) is 4.39 Å². The molecule has 1 saturated heterocycles. The molecule has 1 fully saturated rings. The van der Waals surface area contributed by atoms with Crippen molar-refractivity contribution >= 4 is 17.1 Å². The molecule has 120 valence electrons. The van der Waals surface area contributed by atoms with Crippen LogP contribution in [0.3, 0.4) is 0 Å². The number of carbonyl (C=O) groups excluding carboxylic acids is 1. The predicted octanol–water partition coefficient (Wildman–Crippen LogP) is 3.89. The Balaban J connectivity index is 1.78. The molecular formula is C18H18FNO2S. The van der Waals surface area contributed by atoms with Gasteiger partial charge in [0.1, 0.15) is 17.7 Å². The molecule has 0 radical (unpaired) electrons. The van der Waals surface area contributed by atoms with E-state index in [1.54, 1.807) is 0 Å². The summed E-state index contributed by atoms with van der Waals surface area (Å²) in [6.07, 6.45) is 1.88. The average Bonchev–Trinajstić information content (AvgIpc) is 2.98. The summed E-state index contributed by atoms with van der Waals surface area (Å²) in [6, 6.07) is 6.19. The summed E-state index contributed by atoms with van der Waals surface area (Å²) < 4.78 is 19.8. The van der Waals surface area contributed by atoms with Gasteiger partial charge in [0.05, 0.1) is 10.4 Å². The van der Waals surface area contributed by atoms with Gasteiger partial charge in [0.15, 0.2) is 0 Å². The molecule has 0 N–H and O–H groups in total. The summed E-state index contributed by atoms with van der Waals surface area (Å²) in [7, 11) is 2.12. The lowest BCUT2D eigenvalue weighted by Crippen LogP contribution is -2.34. The zero-order valence-electron chi connectivity index (χ0n) is 12.9. The number of piperidine rings is 1. The molecular weight excluding hydrogens is 313 g/mol. The van der Waals surface area contributed by atoms with Crippen molar-refractivity contribution in [3.05, 3.63) is 51.5 Å². The maximum atomic E-state index is 13.6. The van der Waals surface area contributed by atoms with Crippen molar-refractivity contribution in [3.63, 3.8) is 0 Å². The van der Waals surface area contributed by atoms with Gasteiger partial charge in [-0.2, -0.15) is 0 Å². The van der Waals surface area contributed by atoms with Crippen LogP contribution in [0.5, 0.6) is 5.75 Å². The van der Waals surface area contributed by atoms with Crippen LogP contribution >= 0.6 is 11.3 Å². The second kappa shape index (κ2) is 5.73. The van der Waals surface area contributed by atoms with Crippen LogP contribution in [0.25, 0.3) is 0 Å². The highest BCUT2D eigenvalue weighted by Crippen LogP contribution is 2.42. The topological polar surface area (TPSA) is 29.5 Å². The summed E-state index contributed by atoms with van der Waals surface area (Å²) in [5, 5.41) is 1.95. The van der Waals surface area contributed by atoms with E-state index in [9.17, 15) is 9.18 Å². The van der Waals surface area contributed by atoms with Crippen molar-refractivity contribution in [1.82, 2.24) is 4.90 Å². The Morgan fingerprint density at radius 1 is 1.26 bits per heavy atom. The van der Waals surface area contributed by atoms with Crippen molar-refractivity contribution < 1.29 is 13.9 Å². The lowest BCUT2D eigenvalue weighted by molar-refractivity contribution is 0.0854. The normalized spacial score (nSPS) is 22.2. The highest BCUT2D eigenvalue weighted by atomic mass is 32.1. The zero-order chi connectivity index (χ0) is 16.0. The van der Waals surface area contributed by atoms with Crippen LogP contribution in [0.2, 0.25) is 0 Å². The molecule has 0 bridgehead atoms. The number of rotatable bonds is 1. The molecule has 2 aliphatic heterocycles. The Morgan fingerprint density at radius 2 is 2.04 bits per heavy atom. The molecule has 1 unspecified atom stereocenters. The molecule has 1 aromatic carbocycles. The van der Waals surface area contributed by atoms with E-state index in [1.807, 2.05) is 11.4 Å². The predicted molar refractivity (Wildman–Crippen MR) is 87.7 cm³/mol. The SMILES string of the molecule is CN1CCC(C2Oc3cc(F)ccc3C(=O)c3sccc32)CC1. The third-order valence-electron chi connectivity index (χ3n) is 4.84. The van der Waals surface area contributed by atoms with E-state index >= 15 is 0 Å². The Kier molecular flexibility index (Phi) is 3.70. The summed E-state index contributed by atoms with van der Waals surface area (Å²) in [5.41, 5.74) is 1.43. The number of hydrogen-bond acceptors (Lipinski definition) is 4. The van der Waals surface area contributed by atoms with Gasteiger partial charge in [-0.15, -0.1) is 11.3 Å². The Hall–Kier alpha value is -1.72. The molecule has 0 aliphatic carbocycles. The minimum Gasteiger partial charge on any atom is -0.485 e. The van der Waals surface area contributed by atoms with E-state index in [-0.39, 0.29) is 17.7 Å². The molecule has 1 atom stereocenters. The third-order valence-corrected chi connectivity index (χ3v) is 5.77. The first-order valence-electron chi connectivity index (χ1n) is 7.90. The maximum Gasteiger partial charge on any atom is 0.207 e. The average molecular weight is 331 g/mol. The fraction of sp³-hybridized carbons (Fsp3) is 0.389. The summed E-state index contributed by atoms with van der Waals surface area (Å²) in [4.78, 5) is 15.8. The minimum atomic E-state index is -0.371. The number of benzene rings is 1. The highest BCUT2D eigenvalue weighted by molar-refractivity contribution is 7.12. The molecule has 4 rings (SSSR count). The lowest BCUT2D eigenvalue weighted by Gasteiger charge is -2.34. The van der Waals surface area contributed by atoms with Crippen molar-refractivity contribution in [1.29, 1.82) is 0 Å². The second-order valence-electron chi connectivity index (χ2n) is 6.35. The summed E-state index contributed by atoms with van der Waals surface area (Å²) in [6.45, 7) is 2.04. The fourth-order valence-electron chi connectivity index (χ4n) is 3.51. The van der Waals surface area contributed by atoms with Gasteiger partial charge in [0.2, 0.25) is 5.78 Å². The van der Waals surface area contributed by atoms with Gasteiger partial charge in [-0.3, -0.25) is 4.79 Å². The van der Waals surface area contributed by atoms with Crippen molar-refractivity contribution in [2.45, 2.75) is 18.9 Å². The fourth-order valence-corrected chi connectivity index (χ4v) is 4.40. The molecule has 0 saturated carbocycles. The highest BCUT2D eigenvalue weighted by Gasteiger charge is 2.35. The smallest absolute Gasteiger partial charge is 0.207 e. The Bertz CT molecular complexity index is 749. The van der Waals surface area contributed by atoms with Crippen LogP contribution in [0, 0.1) is 11.7 Å². The van der Waals surface area contributed by atoms with Crippen LogP contribution in [0.15, 0.2) is 29.6 Å². The van der Waals surface area contributed by atoms with E-state index in [2.05, 4.69) is 11.9 Å². The molecule has 2 aliphatic rings. The van der Waals surface area contributed by atoms with E-state index in [0.717, 1.165) is 36.4 Å². The zero-order valence-corrected chi connectivity index (χ0v) is 13.7. The quantitative estimate of drug-likeness (QED) is 0.794. The van der Waals surface area contributed by atoms with E-state index < -0.39 is 0 Å². The number of thiophene rings is 1. The number of halogens is 1. The number of carbonyl (C=O) groups is 1. The van der Waals surface area contributed by atoms with Crippen molar-refractivity contribution in [2.24, 2.45) is 5.92 Å². The van der Waals surface area contributed by atoms with E-state index in [0.29, 0.717) is 17.2 Å². The molecule has 1 aromatic heterocycles. The first kappa shape index (κ1) is 14.8. The van der Waals surface area contributed by atoms with Gasteiger partial charge < -0.3 is 9.64 Å². The van der Waals surface area contributed by atoms with Crippen LogP contribution in [-0.2, 0) is 0 Å². The molecule has 5 heteroatoms. The lowest BCUT2D eigenvalue weighted by atomic mass is 9.87. The number of nitrogens with zero attached hydrogens (tertiary/aromatic N) is 1. The van der Waals surface area contributed by atoms with E-state index in [4.69, 9.17) is 4.74 Å². The van der Waals surface area contributed by atoms with Gasteiger partial charge in [0, 0.05) is 17.5 Å². The van der Waals surface area contributed by atoms with Crippen LogP contribution in [0.1, 0.15) is 39.7 Å². The first-order chi connectivity index (χ1) is 11.1. The second-order valence-corrected chi connectivity index (χ2v) is 7.27. The molecule has 0 amide bonds. The van der Waals surface area contributed by atoms with Gasteiger partial charge in [-0.1, -0.05) is 0 Å². The van der Waals surface area contributed by atoms with Crippen LogP contribution in [-0.4, -0.2) is 30.8 Å². The molecule has 0 spiro atoms. The molecule has 3 nitrogen and oxygen atoms in total. The van der Waals surface area contributed by atoms with Gasteiger partial charge in [0.25, 0.3) is 0 Å². The number of ketones is 1. The Labute approximate surface area is 138 Å². The monoisotopic (exact) mass is 331 g/mol. The third kappa shape index (κ3) is 2.58. The Morgan fingerprint density at radius 3 is 2.83 bits per heavy atom. The molecule has 3 heterocycles. The standard InChI is InChI=1S/C18H18FNO2S/c1-20-7-4-11(5-8-20)17-14-6-9-23-18(14)16(21)13-3-2-12(19)10-15(13)22-17/h2-3,6,9-11,17H,4-5,7-8H2,1H3. The first-order valence-corrected chi connectivity index (χ1v) is 8.78. The number of hydrogen-bond donors (Lipinski definition) is 0. The number of ether oxygens (including phenoxy) is 1. The summed E-state index contributed by atoms with van der Waals surface area (Å²) >= 11 is 1.45. The largest absolute Gasteiger partial charge is 0.485 e. The summed E-state index contributed by atoms with van der Waals surface area (Å²) in [5.74, 6) is 0.299.